The summed E-state index contributed by atoms with van der Waals surface area (Å²) in [4.78, 5) is 10.8. The van der Waals surface area contributed by atoms with Crippen LogP contribution in [0, 0.1) is 0 Å². The molecule has 0 aliphatic carbocycles. The predicted octanol–water partition coefficient (Wildman–Crippen LogP) is 0.488. The number of hydrogen-bond acceptors (Lipinski definition) is 3. The number of carbonyl (C=O) groups is 1. The number of alkyl halides is 1. The molecule has 0 unspecified atom stereocenters. The maximum absolute atomic E-state index is 10.8. The zero-order valence-electron chi connectivity index (χ0n) is 5.63. The van der Waals surface area contributed by atoms with Crippen LogP contribution in [0.3, 0.4) is 0 Å². The van der Waals surface area contributed by atoms with E-state index in [-0.39, 0.29) is 6.10 Å². The average Bonchev–Trinajstić information content (AvgIpc) is 2.08. The van der Waals surface area contributed by atoms with Crippen LogP contribution in [0.2, 0.25) is 0 Å². The molecular formula is C6H9IO3. The van der Waals surface area contributed by atoms with Gasteiger partial charge < -0.3 is 9.84 Å². The van der Waals surface area contributed by atoms with Crippen LogP contribution < -0.4 is 0 Å². The lowest BCUT2D eigenvalue weighted by Crippen LogP contribution is -2.29. The van der Waals surface area contributed by atoms with Crippen LogP contribution in [-0.4, -0.2) is 27.2 Å². The largest absolute Gasteiger partial charge is 0.459 e. The first kappa shape index (κ1) is 8.26. The molecule has 1 rings (SSSR count). The zero-order chi connectivity index (χ0) is 7.78. The lowest BCUT2D eigenvalue weighted by molar-refractivity contribution is -0.153. The standard InChI is InChI=1S/C6H9IO3/c1-6(9)2-4(3-7)10-5(6)8/h4,9H,2-3H2,1H3/t4-,6-/m0/s1. The summed E-state index contributed by atoms with van der Waals surface area (Å²) < 4.78 is 5.58. The summed E-state index contributed by atoms with van der Waals surface area (Å²) in [5.41, 5.74) is -1.24. The molecule has 1 heterocycles. The van der Waals surface area contributed by atoms with Crippen molar-refractivity contribution in [1.29, 1.82) is 0 Å². The van der Waals surface area contributed by atoms with E-state index in [2.05, 4.69) is 22.6 Å². The number of aliphatic hydroxyl groups is 1. The van der Waals surface area contributed by atoms with Crippen LogP contribution in [0.15, 0.2) is 0 Å². The van der Waals surface area contributed by atoms with Crippen molar-refractivity contribution in [1.82, 2.24) is 0 Å². The third-order valence-electron chi connectivity index (χ3n) is 1.51. The highest BCUT2D eigenvalue weighted by Gasteiger charge is 2.43. The Morgan fingerprint density at radius 1 is 2.00 bits per heavy atom. The van der Waals surface area contributed by atoms with Gasteiger partial charge in [-0.1, -0.05) is 22.6 Å². The van der Waals surface area contributed by atoms with Crippen LogP contribution in [0.1, 0.15) is 13.3 Å². The molecule has 0 bridgehead atoms. The third kappa shape index (κ3) is 1.42. The first-order valence-electron chi connectivity index (χ1n) is 3.05. The summed E-state index contributed by atoms with van der Waals surface area (Å²) in [6, 6.07) is 0. The van der Waals surface area contributed by atoms with Crippen molar-refractivity contribution in [3.8, 4) is 0 Å². The smallest absolute Gasteiger partial charge is 0.338 e. The Morgan fingerprint density at radius 3 is 2.80 bits per heavy atom. The van der Waals surface area contributed by atoms with Gasteiger partial charge in [0, 0.05) is 10.8 Å². The highest BCUT2D eigenvalue weighted by molar-refractivity contribution is 14.1. The van der Waals surface area contributed by atoms with Crippen LogP contribution in [0.4, 0.5) is 0 Å². The molecule has 58 valence electrons. The molecule has 0 amide bonds. The van der Waals surface area contributed by atoms with Crippen molar-refractivity contribution >= 4 is 28.6 Å². The lowest BCUT2D eigenvalue weighted by atomic mass is 10.0. The molecule has 1 aliphatic heterocycles. The molecule has 4 heteroatoms. The molecule has 1 N–H and O–H groups in total. The number of rotatable bonds is 1. The van der Waals surface area contributed by atoms with Crippen molar-refractivity contribution < 1.29 is 14.6 Å². The minimum Gasteiger partial charge on any atom is -0.459 e. The molecule has 0 aromatic rings. The summed E-state index contributed by atoms with van der Waals surface area (Å²) in [5, 5.41) is 9.29. The average molecular weight is 256 g/mol. The van der Waals surface area contributed by atoms with Gasteiger partial charge in [-0.3, -0.25) is 0 Å². The molecule has 3 nitrogen and oxygen atoms in total. The Hall–Kier alpha value is 0.160. The second kappa shape index (κ2) is 2.65. The molecule has 1 saturated heterocycles. The summed E-state index contributed by atoms with van der Waals surface area (Å²) >= 11 is 2.13. The van der Waals surface area contributed by atoms with Crippen molar-refractivity contribution in [2.24, 2.45) is 0 Å². The van der Waals surface area contributed by atoms with Gasteiger partial charge in [0.15, 0.2) is 5.60 Å². The third-order valence-corrected chi connectivity index (χ3v) is 2.49. The van der Waals surface area contributed by atoms with Crippen molar-refractivity contribution in [2.45, 2.75) is 25.0 Å². The van der Waals surface area contributed by atoms with Gasteiger partial charge in [-0.25, -0.2) is 4.79 Å². The van der Waals surface area contributed by atoms with E-state index >= 15 is 0 Å². The molecular weight excluding hydrogens is 247 g/mol. The lowest BCUT2D eigenvalue weighted by Gasteiger charge is -2.07. The fourth-order valence-corrected chi connectivity index (χ4v) is 1.42. The second-order valence-electron chi connectivity index (χ2n) is 2.66. The molecule has 0 saturated carbocycles. The summed E-state index contributed by atoms with van der Waals surface area (Å²) in [6.45, 7) is 1.49. The number of ether oxygens (including phenoxy) is 1. The highest BCUT2D eigenvalue weighted by atomic mass is 127. The van der Waals surface area contributed by atoms with Gasteiger partial charge in [-0.2, -0.15) is 0 Å². The van der Waals surface area contributed by atoms with Crippen molar-refractivity contribution in [3.63, 3.8) is 0 Å². The number of hydrogen-bond donors (Lipinski definition) is 1. The van der Waals surface area contributed by atoms with Gasteiger partial charge in [0.05, 0.1) is 0 Å². The minimum absolute atomic E-state index is 0.0944. The van der Waals surface area contributed by atoms with Gasteiger partial charge >= 0.3 is 5.97 Å². The van der Waals surface area contributed by atoms with Crippen LogP contribution >= 0.6 is 22.6 Å². The van der Waals surface area contributed by atoms with Crippen molar-refractivity contribution in [3.05, 3.63) is 0 Å². The SMILES string of the molecule is C[C@]1(O)C[C@@H](CI)OC1=O. The Bertz CT molecular complexity index is 155. The van der Waals surface area contributed by atoms with Crippen LogP contribution in [0.5, 0.6) is 0 Å². The Balaban J connectivity index is 2.62. The van der Waals surface area contributed by atoms with E-state index in [1.54, 1.807) is 0 Å². The van der Waals surface area contributed by atoms with E-state index in [4.69, 9.17) is 4.74 Å². The molecule has 1 aliphatic rings. The highest BCUT2D eigenvalue weighted by Crippen LogP contribution is 2.25. The number of esters is 1. The quantitative estimate of drug-likeness (QED) is 0.422. The Labute approximate surface area is 72.9 Å². The number of carbonyl (C=O) groups excluding carboxylic acids is 1. The molecule has 2 atom stereocenters. The fourth-order valence-electron chi connectivity index (χ4n) is 0.933. The van der Waals surface area contributed by atoms with Gasteiger partial charge in [-0.05, 0) is 6.92 Å². The van der Waals surface area contributed by atoms with Crippen LogP contribution in [-0.2, 0) is 9.53 Å². The van der Waals surface area contributed by atoms with E-state index in [9.17, 15) is 9.90 Å². The maximum atomic E-state index is 10.8. The topological polar surface area (TPSA) is 46.5 Å². The van der Waals surface area contributed by atoms with Crippen molar-refractivity contribution in [2.75, 3.05) is 4.43 Å². The van der Waals surface area contributed by atoms with E-state index in [1.165, 1.54) is 6.92 Å². The zero-order valence-corrected chi connectivity index (χ0v) is 7.79. The number of halogens is 1. The molecule has 1 fully saturated rings. The molecule has 0 spiro atoms. The summed E-state index contributed by atoms with van der Waals surface area (Å²) in [5.74, 6) is -0.492. The van der Waals surface area contributed by atoms with E-state index in [1.807, 2.05) is 0 Å². The van der Waals surface area contributed by atoms with Gasteiger partial charge in [-0.15, -0.1) is 0 Å². The molecule has 0 radical (unpaired) electrons. The maximum Gasteiger partial charge on any atom is 0.338 e. The molecule has 0 aromatic heterocycles. The van der Waals surface area contributed by atoms with E-state index < -0.39 is 11.6 Å². The van der Waals surface area contributed by atoms with Gasteiger partial charge in [0.25, 0.3) is 0 Å². The molecule has 10 heavy (non-hydrogen) atoms. The first-order chi connectivity index (χ1) is 4.56. The van der Waals surface area contributed by atoms with E-state index in [0.29, 0.717) is 6.42 Å². The summed E-state index contributed by atoms with van der Waals surface area (Å²) in [7, 11) is 0. The van der Waals surface area contributed by atoms with Gasteiger partial charge in [0.2, 0.25) is 0 Å². The summed E-state index contributed by atoms with van der Waals surface area (Å²) in [6.07, 6.45) is 0.331. The Morgan fingerprint density at radius 2 is 2.60 bits per heavy atom. The van der Waals surface area contributed by atoms with E-state index in [0.717, 1.165) is 4.43 Å². The second-order valence-corrected chi connectivity index (χ2v) is 3.54. The molecule has 0 aromatic carbocycles. The fraction of sp³-hybridized carbons (Fsp3) is 0.833. The monoisotopic (exact) mass is 256 g/mol. The Kier molecular flexibility index (Phi) is 2.19. The van der Waals surface area contributed by atoms with Gasteiger partial charge in [0.1, 0.15) is 6.10 Å². The minimum atomic E-state index is -1.24. The number of cyclic esters (lactones) is 1. The normalized spacial score (nSPS) is 39.9. The first-order valence-corrected chi connectivity index (χ1v) is 4.58. The van der Waals surface area contributed by atoms with Crippen LogP contribution in [0.25, 0.3) is 0 Å². The predicted molar refractivity (Wildman–Crippen MR) is 44.0 cm³/mol.